The average Bonchev–Trinajstić information content (AvgIpc) is 2.56. The molecule has 0 N–H and O–H groups in total. The Morgan fingerprint density at radius 1 is 0.955 bits per heavy atom. The Morgan fingerprint density at radius 3 is 2.23 bits per heavy atom. The van der Waals surface area contributed by atoms with E-state index in [1.807, 2.05) is 37.3 Å². The van der Waals surface area contributed by atoms with Gasteiger partial charge in [0.15, 0.2) is 0 Å². The second-order valence-corrected chi connectivity index (χ2v) is 4.76. The summed E-state index contributed by atoms with van der Waals surface area (Å²) in [5.74, 6) is -0.921. The molecule has 114 valence electrons. The Labute approximate surface area is 129 Å². The Hall–Kier alpha value is -2.62. The van der Waals surface area contributed by atoms with E-state index in [1.165, 1.54) is 6.07 Å². The first kappa shape index (κ1) is 15.8. The van der Waals surface area contributed by atoms with Gasteiger partial charge < -0.3 is 9.47 Å². The smallest absolute Gasteiger partial charge is 0.338 e. The fraction of sp³-hybridized carbons (Fsp3) is 0.222. The molecule has 22 heavy (non-hydrogen) atoms. The molecule has 0 aliphatic rings. The lowest BCUT2D eigenvalue weighted by molar-refractivity contribution is 0.0338. The summed E-state index contributed by atoms with van der Waals surface area (Å²) in [4.78, 5) is 23.9. The Kier molecular flexibility index (Phi) is 5.31. The van der Waals surface area contributed by atoms with E-state index in [0.29, 0.717) is 17.7 Å². The average molecular weight is 298 g/mol. The zero-order valence-electron chi connectivity index (χ0n) is 12.6. The van der Waals surface area contributed by atoms with Crippen LogP contribution in [0.15, 0.2) is 54.6 Å². The van der Waals surface area contributed by atoms with Crippen LogP contribution in [0, 0.1) is 0 Å². The molecule has 0 amide bonds. The van der Waals surface area contributed by atoms with E-state index in [2.05, 4.69) is 0 Å². The largest absolute Gasteiger partial charge is 0.462 e. The molecule has 2 aromatic rings. The predicted octanol–water partition coefficient (Wildman–Crippen LogP) is 3.78. The first-order chi connectivity index (χ1) is 10.6. The van der Waals surface area contributed by atoms with E-state index in [0.717, 1.165) is 5.56 Å². The van der Waals surface area contributed by atoms with Crippen LogP contribution in [0.4, 0.5) is 0 Å². The lowest BCUT2D eigenvalue weighted by Crippen LogP contribution is -2.11. The summed E-state index contributed by atoms with van der Waals surface area (Å²) in [5, 5.41) is 0. The fourth-order valence-corrected chi connectivity index (χ4v) is 2.01. The first-order valence-electron chi connectivity index (χ1n) is 7.15. The maximum absolute atomic E-state index is 12.2. The van der Waals surface area contributed by atoms with E-state index in [4.69, 9.17) is 9.47 Å². The molecule has 0 fully saturated rings. The standard InChI is InChI=1S/C18H18O4/c1-3-21-17(19)15-10-7-11-16(12-15)18(20)22-13(2)14-8-5-4-6-9-14/h4-13H,3H2,1-2H3. The third-order valence-corrected chi connectivity index (χ3v) is 3.16. The zero-order valence-corrected chi connectivity index (χ0v) is 12.6. The monoisotopic (exact) mass is 298 g/mol. The van der Waals surface area contributed by atoms with Crippen LogP contribution >= 0.6 is 0 Å². The van der Waals surface area contributed by atoms with Gasteiger partial charge in [-0.2, -0.15) is 0 Å². The zero-order chi connectivity index (χ0) is 15.9. The highest BCUT2D eigenvalue weighted by Gasteiger charge is 2.15. The number of carbonyl (C=O) groups is 2. The summed E-state index contributed by atoms with van der Waals surface area (Å²) in [6.45, 7) is 3.83. The molecule has 0 spiro atoms. The van der Waals surface area contributed by atoms with Crippen molar-refractivity contribution in [3.05, 3.63) is 71.3 Å². The fourth-order valence-electron chi connectivity index (χ4n) is 2.01. The lowest BCUT2D eigenvalue weighted by atomic mass is 10.1. The van der Waals surface area contributed by atoms with Crippen LogP contribution in [-0.4, -0.2) is 18.5 Å². The van der Waals surface area contributed by atoms with Gasteiger partial charge in [0.25, 0.3) is 0 Å². The number of rotatable bonds is 5. The molecule has 0 heterocycles. The van der Waals surface area contributed by atoms with Crippen LogP contribution in [0.2, 0.25) is 0 Å². The van der Waals surface area contributed by atoms with Gasteiger partial charge in [-0.05, 0) is 37.6 Å². The van der Waals surface area contributed by atoms with Gasteiger partial charge in [0.1, 0.15) is 6.10 Å². The van der Waals surface area contributed by atoms with Gasteiger partial charge >= 0.3 is 11.9 Å². The number of benzene rings is 2. The molecule has 4 heteroatoms. The summed E-state index contributed by atoms with van der Waals surface area (Å²) >= 11 is 0. The van der Waals surface area contributed by atoms with E-state index < -0.39 is 11.9 Å². The number of hydrogen-bond donors (Lipinski definition) is 0. The quantitative estimate of drug-likeness (QED) is 0.788. The molecular formula is C18H18O4. The highest BCUT2D eigenvalue weighted by atomic mass is 16.5. The van der Waals surface area contributed by atoms with Crippen molar-refractivity contribution in [1.29, 1.82) is 0 Å². The van der Waals surface area contributed by atoms with Crippen molar-refractivity contribution >= 4 is 11.9 Å². The second kappa shape index (κ2) is 7.41. The highest BCUT2D eigenvalue weighted by molar-refractivity contribution is 5.95. The molecule has 2 rings (SSSR count). The third-order valence-electron chi connectivity index (χ3n) is 3.16. The van der Waals surface area contributed by atoms with Gasteiger partial charge in [-0.25, -0.2) is 9.59 Å². The second-order valence-electron chi connectivity index (χ2n) is 4.76. The van der Waals surface area contributed by atoms with Gasteiger partial charge in [0.05, 0.1) is 17.7 Å². The highest BCUT2D eigenvalue weighted by Crippen LogP contribution is 2.18. The number of hydrogen-bond acceptors (Lipinski definition) is 4. The van der Waals surface area contributed by atoms with E-state index in [1.54, 1.807) is 25.1 Å². The predicted molar refractivity (Wildman–Crippen MR) is 82.7 cm³/mol. The topological polar surface area (TPSA) is 52.6 Å². The Bertz CT molecular complexity index is 649. The molecule has 0 saturated carbocycles. The van der Waals surface area contributed by atoms with Crippen LogP contribution < -0.4 is 0 Å². The van der Waals surface area contributed by atoms with Crippen LogP contribution in [-0.2, 0) is 9.47 Å². The maximum Gasteiger partial charge on any atom is 0.338 e. The van der Waals surface area contributed by atoms with Crippen molar-refractivity contribution in [3.8, 4) is 0 Å². The molecule has 4 nitrogen and oxygen atoms in total. The molecule has 0 aliphatic heterocycles. The van der Waals surface area contributed by atoms with Crippen molar-refractivity contribution in [2.45, 2.75) is 20.0 Å². The van der Waals surface area contributed by atoms with Crippen molar-refractivity contribution in [2.24, 2.45) is 0 Å². The van der Waals surface area contributed by atoms with Crippen molar-refractivity contribution < 1.29 is 19.1 Å². The third kappa shape index (κ3) is 3.95. The molecule has 0 radical (unpaired) electrons. The molecule has 0 saturated heterocycles. The van der Waals surface area contributed by atoms with Crippen LogP contribution in [0.1, 0.15) is 46.2 Å². The molecule has 0 bridgehead atoms. The molecule has 2 aromatic carbocycles. The summed E-state index contributed by atoms with van der Waals surface area (Å²) in [6.07, 6.45) is -0.361. The normalized spacial score (nSPS) is 11.5. The number of esters is 2. The number of ether oxygens (including phenoxy) is 2. The van der Waals surface area contributed by atoms with Crippen LogP contribution in [0.3, 0.4) is 0 Å². The summed E-state index contributed by atoms with van der Waals surface area (Å²) in [5.41, 5.74) is 1.58. The molecule has 1 unspecified atom stereocenters. The SMILES string of the molecule is CCOC(=O)c1cccc(C(=O)OC(C)c2ccccc2)c1. The first-order valence-corrected chi connectivity index (χ1v) is 7.15. The van der Waals surface area contributed by atoms with E-state index in [9.17, 15) is 9.59 Å². The Balaban J connectivity index is 2.10. The van der Waals surface area contributed by atoms with Crippen LogP contribution in [0.25, 0.3) is 0 Å². The number of carbonyl (C=O) groups excluding carboxylic acids is 2. The van der Waals surface area contributed by atoms with E-state index >= 15 is 0 Å². The molecular weight excluding hydrogens is 280 g/mol. The van der Waals surface area contributed by atoms with Gasteiger partial charge in [-0.15, -0.1) is 0 Å². The van der Waals surface area contributed by atoms with Gasteiger partial charge in [-0.1, -0.05) is 36.4 Å². The minimum Gasteiger partial charge on any atom is -0.462 e. The van der Waals surface area contributed by atoms with Crippen molar-refractivity contribution in [2.75, 3.05) is 6.61 Å². The minimum atomic E-state index is -0.470. The Morgan fingerprint density at radius 2 is 1.59 bits per heavy atom. The van der Waals surface area contributed by atoms with Crippen LogP contribution in [0.5, 0.6) is 0 Å². The van der Waals surface area contributed by atoms with Gasteiger partial charge in [-0.3, -0.25) is 0 Å². The van der Waals surface area contributed by atoms with Crippen molar-refractivity contribution in [3.63, 3.8) is 0 Å². The minimum absolute atomic E-state index is 0.290. The lowest BCUT2D eigenvalue weighted by Gasteiger charge is -2.13. The van der Waals surface area contributed by atoms with Gasteiger partial charge in [0, 0.05) is 0 Å². The van der Waals surface area contributed by atoms with Crippen molar-refractivity contribution in [1.82, 2.24) is 0 Å². The molecule has 0 aromatic heterocycles. The summed E-state index contributed by atoms with van der Waals surface area (Å²) in [6, 6.07) is 15.8. The summed E-state index contributed by atoms with van der Waals surface area (Å²) < 4.78 is 10.3. The van der Waals surface area contributed by atoms with E-state index in [-0.39, 0.29) is 6.10 Å². The molecule has 0 aliphatic carbocycles. The van der Waals surface area contributed by atoms with Gasteiger partial charge in [0.2, 0.25) is 0 Å². The summed E-state index contributed by atoms with van der Waals surface area (Å²) in [7, 11) is 0. The molecule has 1 atom stereocenters. The maximum atomic E-state index is 12.2.